The third kappa shape index (κ3) is 6.04. The van der Waals surface area contributed by atoms with Gasteiger partial charge in [0.2, 0.25) is 0 Å². The quantitative estimate of drug-likeness (QED) is 0.735. The van der Waals surface area contributed by atoms with E-state index in [-0.39, 0.29) is 6.61 Å². The second kappa shape index (κ2) is 8.84. The zero-order valence-corrected chi connectivity index (χ0v) is 13.7. The minimum absolute atomic E-state index is 0.196. The molecular weight excluding hydrogens is 337 g/mol. The number of carbonyl (C=O) groups is 1. The molecule has 0 spiro atoms. The van der Waals surface area contributed by atoms with Crippen LogP contribution < -0.4 is 0 Å². The molecule has 0 aromatic heterocycles. The number of amides is 1. The molecule has 1 radical (unpaired) electrons. The predicted octanol–water partition coefficient (Wildman–Crippen LogP) is 2.85. The summed E-state index contributed by atoms with van der Waals surface area (Å²) in [6, 6.07) is 4.74. The third-order valence-corrected chi connectivity index (χ3v) is 4.00. The Labute approximate surface area is 144 Å². The van der Waals surface area contributed by atoms with Crippen LogP contribution >= 0.6 is 0 Å². The van der Waals surface area contributed by atoms with Gasteiger partial charge in [-0.15, -0.1) is 0 Å². The molecule has 1 aliphatic heterocycles. The maximum atomic E-state index is 12.7. The Hall–Kier alpha value is -2.09. The van der Waals surface area contributed by atoms with Crippen molar-refractivity contribution in [2.75, 3.05) is 32.7 Å². The number of hydrogen-bond donors (Lipinski definition) is 0. The Kier molecular flexibility index (Phi) is 6.81. The summed E-state index contributed by atoms with van der Waals surface area (Å²) in [5, 5.41) is 0. The third-order valence-electron chi connectivity index (χ3n) is 4.00. The van der Waals surface area contributed by atoms with Gasteiger partial charge in [-0.2, -0.15) is 13.2 Å². The monoisotopic (exact) mass is 357 g/mol. The first-order valence-electron chi connectivity index (χ1n) is 8.05. The van der Waals surface area contributed by atoms with Gasteiger partial charge in [-0.05, 0) is 30.7 Å². The molecule has 1 aromatic rings. The lowest BCUT2D eigenvalue weighted by molar-refractivity contribution is -0.137. The van der Waals surface area contributed by atoms with E-state index in [0.29, 0.717) is 38.2 Å². The average molecular weight is 357 g/mol. The van der Waals surface area contributed by atoms with Gasteiger partial charge in [-0.25, -0.2) is 4.79 Å². The van der Waals surface area contributed by atoms with Crippen molar-refractivity contribution in [1.29, 1.82) is 0 Å². The first-order chi connectivity index (χ1) is 11.9. The summed E-state index contributed by atoms with van der Waals surface area (Å²) in [7, 11) is 0. The topological polar surface area (TPSA) is 49.9 Å². The molecule has 8 heteroatoms. The van der Waals surface area contributed by atoms with Crippen molar-refractivity contribution < 1.29 is 27.5 Å². The summed E-state index contributed by atoms with van der Waals surface area (Å²) in [4.78, 5) is 25.9. The summed E-state index contributed by atoms with van der Waals surface area (Å²) in [5.74, 6) is 0. The fraction of sp³-hybridized carbons (Fsp3) is 0.529. The van der Waals surface area contributed by atoms with Crippen LogP contribution in [-0.2, 0) is 22.3 Å². The first kappa shape index (κ1) is 19.2. The summed E-state index contributed by atoms with van der Waals surface area (Å²) in [5.41, 5.74) is -0.464. The molecule has 2 rings (SSSR count). The van der Waals surface area contributed by atoms with Crippen LogP contribution in [0.4, 0.5) is 18.0 Å². The second-order valence-electron chi connectivity index (χ2n) is 5.83. The lowest BCUT2D eigenvalue weighted by Crippen LogP contribution is -2.48. The highest BCUT2D eigenvalue weighted by Crippen LogP contribution is 2.29. The van der Waals surface area contributed by atoms with Crippen molar-refractivity contribution in [3.63, 3.8) is 0 Å². The Morgan fingerprint density at radius 1 is 1.20 bits per heavy atom. The van der Waals surface area contributed by atoms with E-state index in [9.17, 15) is 22.8 Å². The van der Waals surface area contributed by atoms with Crippen LogP contribution in [0.2, 0.25) is 0 Å². The number of ether oxygens (including phenoxy) is 1. The van der Waals surface area contributed by atoms with Crippen LogP contribution in [0.3, 0.4) is 0 Å². The molecule has 0 unspecified atom stereocenters. The Morgan fingerprint density at radius 2 is 1.92 bits per heavy atom. The van der Waals surface area contributed by atoms with Crippen molar-refractivity contribution in [2.24, 2.45) is 0 Å². The smallest absolute Gasteiger partial charge is 0.416 e. The highest BCUT2D eigenvalue weighted by Gasteiger charge is 2.30. The molecule has 0 saturated carbocycles. The summed E-state index contributed by atoms with van der Waals surface area (Å²) in [6.45, 7) is 2.92. The van der Waals surface area contributed by atoms with E-state index in [4.69, 9.17) is 4.74 Å². The molecule has 1 aromatic carbocycles. The zero-order valence-electron chi connectivity index (χ0n) is 13.7. The van der Waals surface area contributed by atoms with Gasteiger partial charge in [0.05, 0.1) is 5.56 Å². The molecular formula is C17H20F3N2O3. The molecule has 0 bridgehead atoms. The minimum Gasteiger partial charge on any atom is -0.445 e. The van der Waals surface area contributed by atoms with Gasteiger partial charge < -0.3 is 9.64 Å². The number of unbranched alkanes of at least 4 members (excludes halogenated alkanes) is 1. The number of halogens is 3. The van der Waals surface area contributed by atoms with E-state index in [1.807, 2.05) is 6.29 Å². The van der Waals surface area contributed by atoms with E-state index in [2.05, 4.69) is 4.90 Å². The van der Waals surface area contributed by atoms with Gasteiger partial charge in [0.1, 0.15) is 6.61 Å². The molecule has 25 heavy (non-hydrogen) atoms. The van der Waals surface area contributed by atoms with E-state index < -0.39 is 17.8 Å². The standard InChI is InChI=1S/C17H20F3N2O3/c18-17(19,20)15-5-3-4-14(12-15)13-25-16(24)22-9-7-21(8-10-22)6-1-2-11-23/h3-5,12H,1-2,6-10,13H2. The fourth-order valence-corrected chi connectivity index (χ4v) is 2.60. The molecule has 1 saturated heterocycles. The average Bonchev–Trinajstić information content (AvgIpc) is 2.60. The molecule has 0 N–H and O–H groups in total. The molecule has 5 nitrogen and oxygen atoms in total. The fourth-order valence-electron chi connectivity index (χ4n) is 2.60. The van der Waals surface area contributed by atoms with Crippen molar-refractivity contribution in [2.45, 2.75) is 25.6 Å². The van der Waals surface area contributed by atoms with Gasteiger partial charge in [0.15, 0.2) is 6.29 Å². The van der Waals surface area contributed by atoms with Crippen LogP contribution in [0.5, 0.6) is 0 Å². The minimum atomic E-state index is -4.42. The number of alkyl halides is 3. The van der Waals surface area contributed by atoms with E-state index >= 15 is 0 Å². The maximum absolute atomic E-state index is 12.7. The Bertz CT molecular complexity index is 585. The lowest BCUT2D eigenvalue weighted by atomic mass is 10.1. The number of hydrogen-bond acceptors (Lipinski definition) is 4. The van der Waals surface area contributed by atoms with Crippen molar-refractivity contribution in [3.8, 4) is 0 Å². The van der Waals surface area contributed by atoms with Gasteiger partial charge >= 0.3 is 12.3 Å². The van der Waals surface area contributed by atoms with Gasteiger partial charge in [0.25, 0.3) is 0 Å². The maximum Gasteiger partial charge on any atom is 0.416 e. The van der Waals surface area contributed by atoms with Gasteiger partial charge in [-0.3, -0.25) is 9.69 Å². The van der Waals surface area contributed by atoms with Gasteiger partial charge in [-0.1, -0.05) is 12.1 Å². The summed E-state index contributed by atoms with van der Waals surface area (Å²) in [6.07, 6.45) is -1.96. The largest absolute Gasteiger partial charge is 0.445 e. The van der Waals surface area contributed by atoms with E-state index in [1.165, 1.54) is 17.0 Å². The molecule has 137 valence electrons. The Balaban J connectivity index is 1.77. The summed E-state index contributed by atoms with van der Waals surface area (Å²) >= 11 is 0. The van der Waals surface area contributed by atoms with Crippen LogP contribution in [-0.4, -0.2) is 54.9 Å². The van der Waals surface area contributed by atoms with Crippen LogP contribution in [0.1, 0.15) is 24.0 Å². The highest BCUT2D eigenvalue weighted by molar-refractivity contribution is 5.67. The highest BCUT2D eigenvalue weighted by atomic mass is 19.4. The molecule has 1 heterocycles. The van der Waals surface area contributed by atoms with E-state index in [1.54, 1.807) is 0 Å². The van der Waals surface area contributed by atoms with Crippen LogP contribution in [0, 0.1) is 0 Å². The number of carbonyl (C=O) groups excluding carboxylic acids is 2. The van der Waals surface area contributed by atoms with Crippen molar-refractivity contribution >= 4 is 12.4 Å². The number of piperazine rings is 1. The number of nitrogens with zero attached hydrogens (tertiary/aromatic N) is 2. The molecule has 1 amide bonds. The molecule has 0 aliphatic carbocycles. The molecule has 1 fully saturated rings. The molecule has 1 aliphatic rings. The second-order valence-corrected chi connectivity index (χ2v) is 5.83. The normalized spacial score (nSPS) is 15.9. The lowest BCUT2D eigenvalue weighted by Gasteiger charge is -2.33. The zero-order chi connectivity index (χ0) is 18.3. The number of benzene rings is 1. The first-order valence-corrected chi connectivity index (χ1v) is 8.05. The van der Waals surface area contributed by atoms with Crippen LogP contribution in [0.25, 0.3) is 0 Å². The summed E-state index contributed by atoms with van der Waals surface area (Å²) < 4.78 is 43.1. The number of rotatable bonds is 6. The van der Waals surface area contributed by atoms with Gasteiger partial charge in [0, 0.05) is 32.6 Å². The van der Waals surface area contributed by atoms with Crippen molar-refractivity contribution in [1.82, 2.24) is 9.80 Å². The Morgan fingerprint density at radius 3 is 2.56 bits per heavy atom. The molecule has 0 atom stereocenters. The SMILES string of the molecule is O=[C]CCCN1CCN(C(=O)OCc2cccc(C(F)(F)F)c2)CC1. The van der Waals surface area contributed by atoms with Crippen LogP contribution in [0.15, 0.2) is 24.3 Å². The van der Waals surface area contributed by atoms with E-state index in [0.717, 1.165) is 25.1 Å². The predicted molar refractivity (Wildman–Crippen MR) is 84.6 cm³/mol. The van der Waals surface area contributed by atoms with Crippen molar-refractivity contribution in [3.05, 3.63) is 35.4 Å².